The largest absolute Gasteiger partial charge is 0.497 e. The molecule has 1 fully saturated rings. The van der Waals surface area contributed by atoms with E-state index in [9.17, 15) is 9.18 Å². The minimum Gasteiger partial charge on any atom is -0.497 e. The zero-order valence-corrected chi connectivity index (χ0v) is 19.5. The van der Waals surface area contributed by atoms with Crippen molar-refractivity contribution in [3.8, 4) is 17.0 Å². The molecule has 2 heterocycles. The Hall–Kier alpha value is -2.90. The molecule has 0 saturated carbocycles. The van der Waals surface area contributed by atoms with Crippen molar-refractivity contribution in [2.75, 3.05) is 26.7 Å². The molecule has 1 aromatic heterocycles. The molecule has 2 aromatic carbocycles. The van der Waals surface area contributed by atoms with Gasteiger partial charge in [0.15, 0.2) is 0 Å². The summed E-state index contributed by atoms with van der Waals surface area (Å²) in [7, 11) is 1.64. The molecule has 3 aromatic rings. The monoisotopic (exact) mass is 471 g/mol. The van der Waals surface area contributed by atoms with Gasteiger partial charge < -0.3 is 14.6 Å². The first-order chi connectivity index (χ1) is 16.0. The van der Waals surface area contributed by atoms with Gasteiger partial charge in [0.05, 0.1) is 23.7 Å². The lowest BCUT2D eigenvalue weighted by Gasteiger charge is -2.35. The lowest BCUT2D eigenvalue weighted by atomic mass is 10.0. The zero-order valence-electron chi connectivity index (χ0n) is 18.7. The molecule has 0 spiro atoms. The van der Waals surface area contributed by atoms with Crippen molar-refractivity contribution in [2.24, 2.45) is 0 Å². The Labute approximate surface area is 197 Å². The van der Waals surface area contributed by atoms with Crippen molar-refractivity contribution in [1.29, 1.82) is 0 Å². The summed E-state index contributed by atoms with van der Waals surface area (Å²) in [6, 6.07) is 12.3. The van der Waals surface area contributed by atoms with Gasteiger partial charge in [-0.15, -0.1) is 0 Å². The van der Waals surface area contributed by atoms with E-state index in [1.807, 2.05) is 24.3 Å². The summed E-state index contributed by atoms with van der Waals surface area (Å²) in [5, 5.41) is 7.13. The fraction of sp³-hybridized carbons (Fsp3) is 0.360. The molecule has 8 heteroatoms. The van der Waals surface area contributed by atoms with Crippen LogP contribution in [0.25, 0.3) is 11.3 Å². The first-order valence-electron chi connectivity index (χ1n) is 11.1. The molecule has 1 amide bonds. The van der Waals surface area contributed by atoms with Crippen LogP contribution in [0.5, 0.6) is 5.75 Å². The lowest BCUT2D eigenvalue weighted by Crippen LogP contribution is -2.40. The van der Waals surface area contributed by atoms with Crippen LogP contribution in [0, 0.1) is 12.7 Å². The number of nitrogens with zero attached hydrogens (tertiary/aromatic N) is 2. The van der Waals surface area contributed by atoms with Gasteiger partial charge in [0.2, 0.25) is 0 Å². The van der Waals surface area contributed by atoms with Crippen molar-refractivity contribution in [3.05, 3.63) is 70.2 Å². The van der Waals surface area contributed by atoms with Crippen LogP contribution in [0.4, 0.5) is 4.39 Å². The van der Waals surface area contributed by atoms with Crippen LogP contribution < -0.4 is 10.1 Å². The van der Waals surface area contributed by atoms with Gasteiger partial charge >= 0.3 is 0 Å². The normalized spacial score (nSPS) is 15.3. The highest BCUT2D eigenvalue weighted by Gasteiger charge is 2.28. The fourth-order valence-corrected chi connectivity index (χ4v) is 4.58. The molecule has 0 bridgehead atoms. The van der Waals surface area contributed by atoms with Crippen molar-refractivity contribution < 1.29 is 18.4 Å². The van der Waals surface area contributed by atoms with Crippen molar-refractivity contribution in [2.45, 2.75) is 32.2 Å². The molecule has 1 aliphatic heterocycles. The van der Waals surface area contributed by atoms with Gasteiger partial charge in [-0.05, 0) is 62.7 Å². The molecule has 174 valence electrons. The highest BCUT2D eigenvalue weighted by Crippen LogP contribution is 2.33. The van der Waals surface area contributed by atoms with E-state index in [1.54, 1.807) is 20.1 Å². The Bertz CT molecular complexity index is 1090. The molecule has 33 heavy (non-hydrogen) atoms. The van der Waals surface area contributed by atoms with Crippen LogP contribution in [0.1, 0.15) is 47.0 Å². The quantitative estimate of drug-likeness (QED) is 0.499. The van der Waals surface area contributed by atoms with Gasteiger partial charge in [0.1, 0.15) is 28.6 Å². The van der Waals surface area contributed by atoms with E-state index in [0.29, 0.717) is 12.3 Å². The Morgan fingerprint density at radius 3 is 2.61 bits per heavy atom. The van der Waals surface area contributed by atoms with Gasteiger partial charge in [0.25, 0.3) is 5.91 Å². The molecule has 0 radical (unpaired) electrons. The number of aryl methyl sites for hydroxylation is 1. The van der Waals surface area contributed by atoms with Crippen molar-refractivity contribution >= 4 is 17.5 Å². The number of methoxy groups -OCH3 is 1. The van der Waals surface area contributed by atoms with E-state index in [4.69, 9.17) is 20.9 Å². The summed E-state index contributed by atoms with van der Waals surface area (Å²) in [5.74, 6) is 0.153. The van der Waals surface area contributed by atoms with E-state index in [0.717, 1.165) is 37.2 Å². The molecule has 1 N–H and O–H groups in total. The number of rotatable bonds is 7. The maximum Gasteiger partial charge on any atom is 0.257 e. The van der Waals surface area contributed by atoms with E-state index >= 15 is 0 Å². The maximum absolute atomic E-state index is 14.5. The van der Waals surface area contributed by atoms with Gasteiger partial charge in [-0.1, -0.05) is 41.4 Å². The number of aromatic nitrogens is 1. The number of likely N-dealkylation sites (tertiary alicyclic amines) is 1. The highest BCUT2D eigenvalue weighted by atomic mass is 35.5. The molecule has 1 aliphatic rings. The van der Waals surface area contributed by atoms with E-state index in [2.05, 4.69) is 15.4 Å². The van der Waals surface area contributed by atoms with Gasteiger partial charge in [-0.2, -0.15) is 0 Å². The van der Waals surface area contributed by atoms with Crippen LogP contribution in [0.2, 0.25) is 5.02 Å². The maximum atomic E-state index is 14.5. The number of amides is 1. The number of piperidine rings is 1. The van der Waals surface area contributed by atoms with Crippen molar-refractivity contribution in [1.82, 2.24) is 15.4 Å². The number of halogens is 2. The third-order valence-corrected chi connectivity index (χ3v) is 6.39. The minimum absolute atomic E-state index is 0.000761. The third kappa shape index (κ3) is 5.04. The average Bonchev–Trinajstić information content (AvgIpc) is 3.21. The number of ether oxygens (including phenoxy) is 1. The number of nitrogens with one attached hydrogen (secondary N) is 1. The predicted octanol–water partition coefficient (Wildman–Crippen LogP) is 5.41. The number of carbonyl (C=O) groups is 1. The molecule has 4 rings (SSSR count). The van der Waals surface area contributed by atoms with E-state index in [1.165, 1.54) is 18.6 Å². The minimum atomic E-state index is -0.561. The molecular weight excluding hydrogens is 445 g/mol. The molecule has 1 atom stereocenters. The van der Waals surface area contributed by atoms with Gasteiger partial charge in [-0.3, -0.25) is 9.69 Å². The molecule has 6 nitrogen and oxygen atoms in total. The van der Waals surface area contributed by atoms with E-state index in [-0.39, 0.29) is 33.8 Å². The Morgan fingerprint density at radius 2 is 1.94 bits per heavy atom. The summed E-state index contributed by atoms with van der Waals surface area (Å²) >= 11 is 6.21. The first-order valence-corrected chi connectivity index (χ1v) is 11.4. The van der Waals surface area contributed by atoms with Crippen LogP contribution in [0.15, 0.2) is 47.0 Å². The van der Waals surface area contributed by atoms with Crippen LogP contribution in [-0.2, 0) is 0 Å². The summed E-state index contributed by atoms with van der Waals surface area (Å²) < 4.78 is 25.1. The van der Waals surface area contributed by atoms with Gasteiger partial charge in [-0.25, -0.2) is 4.39 Å². The lowest BCUT2D eigenvalue weighted by molar-refractivity contribution is 0.0923. The standard InChI is InChI=1S/C25H27ClFN3O3/c1-16-22(24(29-33-16)23-19(26)7-6-8-20(23)27)25(31)28-15-21(30-13-4-3-5-14-30)17-9-11-18(32-2)12-10-17/h6-12,21H,3-5,13-15H2,1-2H3,(H,28,31). The molecule has 1 saturated heterocycles. The smallest absolute Gasteiger partial charge is 0.257 e. The average molecular weight is 472 g/mol. The fourth-order valence-electron chi connectivity index (χ4n) is 4.33. The second-order valence-electron chi connectivity index (χ2n) is 8.15. The van der Waals surface area contributed by atoms with Crippen molar-refractivity contribution in [3.63, 3.8) is 0 Å². The Morgan fingerprint density at radius 1 is 1.21 bits per heavy atom. The zero-order chi connectivity index (χ0) is 23.4. The van der Waals surface area contributed by atoms with Gasteiger partial charge in [0, 0.05) is 6.54 Å². The molecular formula is C25H27ClFN3O3. The summed E-state index contributed by atoms with van der Waals surface area (Å²) in [4.78, 5) is 15.6. The summed E-state index contributed by atoms with van der Waals surface area (Å²) in [5.41, 5.74) is 1.45. The first kappa shape index (κ1) is 23.3. The summed E-state index contributed by atoms with van der Waals surface area (Å²) in [6.07, 6.45) is 3.47. The third-order valence-electron chi connectivity index (χ3n) is 6.08. The number of hydrogen-bond acceptors (Lipinski definition) is 5. The van der Waals surface area contributed by atoms with Crippen LogP contribution >= 0.6 is 11.6 Å². The molecule has 1 unspecified atom stereocenters. The van der Waals surface area contributed by atoms with E-state index < -0.39 is 5.82 Å². The Kier molecular flexibility index (Phi) is 7.30. The van der Waals surface area contributed by atoms with Crippen LogP contribution in [0.3, 0.4) is 0 Å². The number of benzene rings is 2. The summed E-state index contributed by atoms with van der Waals surface area (Å²) in [6.45, 7) is 3.95. The topological polar surface area (TPSA) is 67.6 Å². The second-order valence-corrected chi connectivity index (χ2v) is 8.56. The second kappa shape index (κ2) is 10.4. The highest BCUT2D eigenvalue weighted by molar-refractivity contribution is 6.33. The number of hydrogen-bond donors (Lipinski definition) is 1. The SMILES string of the molecule is COc1ccc(C(CNC(=O)c2c(-c3c(F)cccc3Cl)noc2C)N2CCCCC2)cc1. The molecule has 0 aliphatic carbocycles. The Balaban J connectivity index is 1.59. The predicted molar refractivity (Wildman–Crippen MR) is 125 cm³/mol. The van der Waals surface area contributed by atoms with Crippen LogP contribution in [-0.4, -0.2) is 42.7 Å². The number of carbonyl (C=O) groups excluding carboxylic acids is 1.